The quantitative estimate of drug-likeness (QED) is 0.732. The van der Waals surface area contributed by atoms with Gasteiger partial charge in [-0.2, -0.15) is 0 Å². The average molecular weight is 329 g/mol. The summed E-state index contributed by atoms with van der Waals surface area (Å²) in [4.78, 5) is 23.4. The summed E-state index contributed by atoms with van der Waals surface area (Å²) in [5.74, 6) is -0.171. The standard InChI is InChI=1S/C18H23N3O3/c1-2-3-14-24-18(23)20-11-10-19-17(22)15-6-8-16(9-7-15)21-12-4-5-13-21/h4-9,12-13H,2-3,10-11,14H2,1H3,(H,19,22)(H,20,23). The van der Waals surface area contributed by atoms with E-state index in [2.05, 4.69) is 10.6 Å². The van der Waals surface area contributed by atoms with Gasteiger partial charge in [-0.05, 0) is 42.8 Å². The van der Waals surface area contributed by atoms with Crippen molar-refractivity contribution in [2.45, 2.75) is 19.8 Å². The lowest BCUT2D eigenvalue weighted by molar-refractivity contribution is 0.0952. The van der Waals surface area contributed by atoms with Crippen LogP contribution < -0.4 is 10.6 Å². The zero-order valence-corrected chi connectivity index (χ0v) is 13.8. The van der Waals surface area contributed by atoms with Crippen LogP contribution in [0.2, 0.25) is 0 Å². The number of rotatable bonds is 8. The Morgan fingerprint density at radius 2 is 1.71 bits per heavy atom. The molecule has 1 heterocycles. The van der Waals surface area contributed by atoms with Gasteiger partial charge in [0.05, 0.1) is 6.61 Å². The third-order valence-corrected chi connectivity index (χ3v) is 3.44. The number of ether oxygens (including phenoxy) is 1. The fraction of sp³-hybridized carbons (Fsp3) is 0.333. The molecular formula is C18H23N3O3. The van der Waals surface area contributed by atoms with Gasteiger partial charge in [-0.3, -0.25) is 4.79 Å². The average Bonchev–Trinajstić information content (AvgIpc) is 3.13. The molecule has 6 heteroatoms. The molecule has 1 aromatic carbocycles. The highest BCUT2D eigenvalue weighted by Crippen LogP contribution is 2.09. The fourth-order valence-corrected chi connectivity index (χ4v) is 2.09. The van der Waals surface area contributed by atoms with Crippen LogP contribution in [-0.2, 0) is 4.74 Å². The van der Waals surface area contributed by atoms with Crippen molar-refractivity contribution < 1.29 is 14.3 Å². The zero-order valence-electron chi connectivity index (χ0n) is 13.8. The Labute approximate surface area is 141 Å². The molecule has 24 heavy (non-hydrogen) atoms. The van der Waals surface area contributed by atoms with E-state index in [4.69, 9.17) is 4.74 Å². The van der Waals surface area contributed by atoms with Gasteiger partial charge in [-0.15, -0.1) is 0 Å². The molecule has 0 atom stereocenters. The summed E-state index contributed by atoms with van der Waals surface area (Å²) in [6, 6.07) is 11.2. The first kappa shape index (κ1) is 17.6. The van der Waals surface area contributed by atoms with E-state index in [1.165, 1.54) is 0 Å². The summed E-state index contributed by atoms with van der Waals surface area (Å²) >= 11 is 0. The highest BCUT2D eigenvalue weighted by molar-refractivity contribution is 5.94. The lowest BCUT2D eigenvalue weighted by atomic mass is 10.2. The van der Waals surface area contributed by atoms with E-state index >= 15 is 0 Å². The molecule has 6 nitrogen and oxygen atoms in total. The number of nitrogens with zero attached hydrogens (tertiary/aromatic N) is 1. The Hall–Kier alpha value is -2.76. The lowest BCUT2D eigenvalue weighted by Crippen LogP contribution is -2.35. The number of carbonyl (C=O) groups excluding carboxylic acids is 2. The number of hydrogen-bond donors (Lipinski definition) is 2. The van der Waals surface area contributed by atoms with Gasteiger partial charge in [0.15, 0.2) is 0 Å². The highest BCUT2D eigenvalue weighted by atomic mass is 16.5. The number of unbranched alkanes of at least 4 members (excludes halogenated alkanes) is 1. The number of nitrogens with one attached hydrogen (secondary N) is 2. The molecular weight excluding hydrogens is 306 g/mol. The van der Waals surface area contributed by atoms with E-state index in [1.807, 2.05) is 48.1 Å². The van der Waals surface area contributed by atoms with Crippen molar-refractivity contribution in [2.24, 2.45) is 0 Å². The predicted molar refractivity (Wildman–Crippen MR) is 92.4 cm³/mol. The topological polar surface area (TPSA) is 72.4 Å². The van der Waals surface area contributed by atoms with Crippen molar-refractivity contribution in [1.82, 2.24) is 15.2 Å². The summed E-state index contributed by atoms with van der Waals surface area (Å²) in [5, 5.41) is 5.36. The molecule has 0 saturated heterocycles. The van der Waals surface area contributed by atoms with Gasteiger partial charge < -0.3 is 19.9 Å². The van der Waals surface area contributed by atoms with Crippen LogP contribution >= 0.6 is 0 Å². The van der Waals surface area contributed by atoms with Crippen LogP contribution in [0.5, 0.6) is 0 Å². The smallest absolute Gasteiger partial charge is 0.407 e. The molecule has 0 aliphatic rings. The molecule has 0 bridgehead atoms. The molecule has 0 radical (unpaired) electrons. The summed E-state index contributed by atoms with van der Waals surface area (Å²) in [6.07, 6.45) is 5.27. The highest BCUT2D eigenvalue weighted by Gasteiger charge is 2.06. The van der Waals surface area contributed by atoms with Gasteiger partial charge >= 0.3 is 6.09 Å². The number of amides is 2. The minimum Gasteiger partial charge on any atom is -0.450 e. The lowest BCUT2D eigenvalue weighted by Gasteiger charge is -2.08. The molecule has 0 spiro atoms. The number of carbonyl (C=O) groups is 2. The molecule has 2 aromatic rings. The summed E-state index contributed by atoms with van der Waals surface area (Å²) in [7, 11) is 0. The summed E-state index contributed by atoms with van der Waals surface area (Å²) in [5.41, 5.74) is 1.57. The van der Waals surface area contributed by atoms with E-state index in [9.17, 15) is 9.59 Å². The third-order valence-electron chi connectivity index (χ3n) is 3.44. The molecule has 2 amide bonds. The van der Waals surface area contributed by atoms with Crippen molar-refractivity contribution in [3.63, 3.8) is 0 Å². The summed E-state index contributed by atoms with van der Waals surface area (Å²) < 4.78 is 6.93. The van der Waals surface area contributed by atoms with Crippen LogP contribution in [0, 0.1) is 0 Å². The van der Waals surface area contributed by atoms with Gasteiger partial charge in [0.25, 0.3) is 5.91 Å². The fourth-order valence-electron chi connectivity index (χ4n) is 2.09. The van der Waals surface area contributed by atoms with Crippen LogP contribution in [0.4, 0.5) is 4.79 Å². The molecule has 0 saturated carbocycles. The Morgan fingerprint density at radius 1 is 1.04 bits per heavy atom. The van der Waals surface area contributed by atoms with Gasteiger partial charge in [0.2, 0.25) is 0 Å². The van der Waals surface area contributed by atoms with Gasteiger partial charge in [0.1, 0.15) is 0 Å². The van der Waals surface area contributed by atoms with Crippen molar-refractivity contribution in [3.8, 4) is 5.69 Å². The van der Waals surface area contributed by atoms with Crippen molar-refractivity contribution in [2.75, 3.05) is 19.7 Å². The van der Waals surface area contributed by atoms with E-state index < -0.39 is 6.09 Å². The molecule has 128 valence electrons. The first-order valence-corrected chi connectivity index (χ1v) is 8.13. The van der Waals surface area contributed by atoms with Crippen molar-refractivity contribution >= 4 is 12.0 Å². The van der Waals surface area contributed by atoms with Crippen LogP contribution in [0.1, 0.15) is 30.1 Å². The van der Waals surface area contributed by atoms with Crippen molar-refractivity contribution in [3.05, 3.63) is 54.4 Å². The molecule has 2 N–H and O–H groups in total. The van der Waals surface area contributed by atoms with Crippen molar-refractivity contribution in [1.29, 1.82) is 0 Å². The first-order valence-electron chi connectivity index (χ1n) is 8.13. The molecule has 0 aliphatic heterocycles. The molecule has 0 aliphatic carbocycles. The van der Waals surface area contributed by atoms with E-state index in [-0.39, 0.29) is 5.91 Å². The Balaban J connectivity index is 1.70. The van der Waals surface area contributed by atoms with Crippen LogP contribution in [-0.4, -0.2) is 36.3 Å². The minimum atomic E-state index is -0.450. The van der Waals surface area contributed by atoms with Gasteiger partial charge in [0, 0.05) is 36.7 Å². The van der Waals surface area contributed by atoms with Crippen LogP contribution in [0.3, 0.4) is 0 Å². The number of aromatic nitrogens is 1. The maximum atomic E-state index is 12.0. The summed E-state index contributed by atoms with van der Waals surface area (Å²) in [6.45, 7) is 3.13. The zero-order chi connectivity index (χ0) is 17.2. The van der Waals surface area contributed by atoms with E-state index in [0.717, 1.165) is 18.5 Å². The number of benzene rings is 1. The molecule has 1 aromatic heterocycles. The maximum Gasteiger partial charge on any atom is 0.407 e. The SMILES string of the molecule is CCCCOC(=O)NCCNC(=O)c1ccc(-n2cccc2)cc1. The van der Waals surface area contributed by atoms with Crippen LogP contribution in [0.15, 0.2) is 48.8 Å². The molecule has 0 unspecified atom stereocenters. The number of hydrogen-bond acceptors (Lipinski definition) is 3. The third kappa shape index (κ3) is 5.46. The number of alkyl carbamates (subject to hydrolysis) is 1. The Kier molecular flexibility index (Phi) is 6.89. The second-order valence-electron chi connectivity index (χ2n) is 5.31. The Bertz CT molecular complexity index is 636. The molecule has 0 fully saturated rings. The van der Waals surface area contributed by atoms with E-state index in [1.54, 1.807) is 12.1 Å². The maximum absolute atomic E-state index is 12.0. The monoisotopic (exact) mass is 329 g/mol. The van der Waals surface area contributed by atoms with Gasteiger partial charge in [-0.25, -0.2) is 4.79 Å². The van der Waals surface area contributed by atoms with E-state index in [0.29, 0.717) is 25.3 Å². The largest absolute Gasteiger partial charge is 0.450 e. The first-order chi connectivity index (χ1) is 11.7. The molecule has 2 rings (SSSR count). The normalized spacial score (nSPS) is 10.2. The second-order valence-corrected chi connectivity index (χ2v) is 5.31. The minimum absolute atomic E-state index is 0.171. The second kappa shape index (κ2) is 9.39. The Morgan fingerprint density at radius 3 is 2.38 bits per heavy atom. The van der Waals surface area contributed by atoms with Gasteiger partial charge in [-0.1, -0.05) is 13.3 Å². The predicted octanol–water partition coefficient (Wildman–Crippen LogP) is 2.73. The van der Waals surface area contributed by atoms with Crippen LogP contribution in [0.25, 0.3) is 5.69 Å².